The second-order valence-corrected chi connectivity index (χ2v) is 6.25. The maximum absolute atomic E-state index is 12.7. The van der Waals surface area contributed by atoms with E-state index >= 15 is 0 Å². The molecular weight excluding hydrogens is 324 g/mol. The van der Waals surface area contributed by atoms with Crippen LogP contribution < -0.4 is 10.6 Å². The molecule has 2 N–H and O–H groups in total. The minimum Gasteiger partial charge on any atom is -0.359 e. The van der Waals surface area contributed by atoms with Crippen LogP contribution in [0.2, 0.25) is 0 Å². The Labute approximate surface area is 153 Å². The van der Waals surface area contributed by atoms with Gasteiger partial charge < -0.3 is 10.6 Å². The maximum Gasteiger partial charge on any atom is 0.252 e. The summed E-state index contributed by atoms with van der Waals surface area (Å²) >= 11 is 0. The smallest absolute Gasteiger partial charge is 0.252 e. The van der Waals surface area contributed by atoms with Crippen molar-refractivity contribution in [3.63, 3.8) is 0 Å². The highest BCUT2D eigenvalue weighted by Gasteiger charge is 2.19. The van der Waals surface area contributed by atoms with E-state index < -0.39 is 0 Å². The molecule has 3 aromatic rings. The van der Waals surface area contributed by atoms with Crippen molar-refractivity contribution in [2.45, 2.75) is 13.3 Å². The van der Waals surface area contributed by atoms with E-state index in [0.29, 0.717) is 5.56 Å². The molecule has 3 rings (SSSR count). The van der Waals surface area contributed by atoms with E-state index in [-0.39, 0.29) is 18.2 Å². The first-order valence-electron chi connectivity index (χ1n) is 8.60. The Morgan fingerprint density at radius 1 is 0.846 bits per heavy atom. The molecule has 0 saturated heterocycles. The van der Waals surface area contributed by atoms with Crippen LogP contribution in [0.25, 0.3) is 21.9 Å². The van der Waals surface area contributed by atoms with E-state index in [0.717, 1.165) is 33.0 Å². The van der Waals surface area contributed by atoms with E-state index in [2.05, 4.69) is 10.6 Å². The van der Waals surface area contributed by atoms with E-state index in [4.69, 9.17) is 0 Å². The Morgan fingerprint density at radius 2 is 1.50 bits per heavy atom. The highest BCUT2D eigenvalue weighted by molar-refractivity contribution is 6.13. The van der Waals surface area contributed by atoms with E-state index in [9.17, 15) is 9.59 Å². The molecule has 0 unspecified atom stereocenters. The van der Waals surface area contributed by atoms with Crippen molar-refractivity contribution >= 4 is 22.6 Å². The molecule has 0 heterocycles. The van der Waals surface area contributed by atoms with Gasteiger partial charge in [0.15, 0.2) is 0 Å². The van der Waals surface area contributed by atoms with Crippen molar-refractivity contribution < 1.29 is 9.59 Å². The number of benzene rings is 3. The second-order valence-electron chi connectivity index (χ2n) is 6.25. The first kappa shape index (κ1) is 17.7. The lowest BCUT2D eigenvalue weighted by Crippen LogP contribution is -2.21. The summed E-state index contributed by atoms with van der Waals surface area (Å²) in [6, 6.07) is 17.7. The minimum atomic E-state index is -0.133. The third-order valence-electron chi connectivity index (χ3n) is 4.64. The molecule has 0 bridgehead atoms. The van der Waals surface area contributed by atoms with Crippen LogP contribution in [-0.2, 0) is 11.2 Å². The zero-order valence-electron chi connectivity index (χ0n) is 15.2. The monoisotopic (exact) mass is 346 g/mol. The summed E-state index contributed by atoms with van der Waals surface area (Å²) in [5, 5.41) is 7.39. The van der Waals surface area contributed by atoms with Crippen LogP contribution in [0.5, 0.6) is 0 Å². The SMILES string of the molecule is CNC(=O)Cc1ccccc1-c1cc(C)c2ccccc2c1C(=O)NC. The average molecular weight is 346 g/mol. The van der Waals surface area contributed by atoms with Crippen LogP contribution >= 0.6 is 0 Å². The van der Waals surface area contributed by atoms with Gasteiger partial charge in [-0.15, -0.1) is 0 Å². The highest BCUT2D eigenvalue weighted by Crippen LogP contribution is 2.34. The molecule has 0 fully saturated rings. The Balaban J connectivity index is 2.32. The van der Waals surface area contributed by atoms with Crippen molar-refractivity contribution in [1.82, 2.24) is 10.6 Å². The largest absolute Gasteiger partial charge is 0.359 e. The normalized spacial score (nSPS) is 10.6. The number of fused-ring (bicyclic) bond motifs is 1. The fourth-order valence-electron chi connectivity index (χ4n) is 3.34. The minimum absolute atomic E-state index is 0.0588. The number of aryl methyl sites for hydroxylation is 1. The fourth-order valence-corrected chi connectivity index (χ4v) is 3.34. The van der Waals surface area contributed by atoms with Crippen LogP contribution in [0.4, 0.5) is 0 Å². The van der Waals surface area contributed by atoms with Gasteiger partial charge in [-0.2, -0.15) is 0 Å². The lowest BCUT2D eigenvalue weighted by atomic mass is 9.88. The number of nitrogens with one attached hydrogen (secondary N) is 2. The summed E-state index contributed by atoms with van der Waals surface area (Å²) in [5.41, 5.74) is 4.38. The molecule has 0 aliphatic carbocycles. The first-order valence-corrected chi connectivity index (χ1v) is 8.60. The zero-order valence-corrected chi connectivity index (χ0v) is 15.2. The van der Waals surface area contributed by atoms with Gasteiger partial charge in [0.25, 0.3) is 5.91 Å². The molecular formula is C22H22N2O2. The molecule has 0 saturated carbocycles. The standard InChI is InChI=1S/C22H22N2O2/c1-14-12-19(17-10-5-4-8-15(17)13-20(25)23-2)21(22(26)24-3)18-11-7-6-9-16(14)18/h4-12H,13H2,1-3H3,(H,23,25)(H,24,26). The molecule has 0 atom stereocenters. The van der Waals surface area contributed by atoms with Crippen molar-refractivity contribution in [3.05, 3.63) is 71.3 Å². The van der Waals surface area contributed by atoms with Crippen LogP contribution in [0.3, 0.4) is 0 Å². The van der Waals surface area contributed by atoms with Crippen LogP contribution in [0.1, 0.15) is 21.5 Å². The topological polar surface area (TPSA) is 58.2 Å². The third kappa shape index (κ3) is 3.18. The fraction of sp³-hybridized carbons (Fsp3) is 0.182. The summed E-state index contributed by atoms with van der Waals surface area (Å²) in [7, 11) is 3.26. The summed E-state index contributed by atoms with van der Waals surface area (Å²) in [4.78, 5) is 24.7. The number of carbonyl (C=O) groups excluding carboxylic acids is 2. The zero-order chi connectivity index (χ0) is 18.7. The third-order valence-corrected chi connectivity index (χ3v) is 4.64. The number of rotatable bonds is 4. The van der Waals surface area contributed by atoms with Gasteiger partial charge in [-0.05, 0) is 46.0 Å². The molecule has 4 heteroatoms. The van der Waals surface area contributed by atoms with Crippen molar-refractivity contribution in [3.8, 4) is 11.1 Å². The van der Waals surface area contributed by atoms with E-state index in [1.807, 2.05) is 61.5 Å². The molecule has 0 aliphatic rings. The molecule has 132 valence electrons. The Morgan fingerprint density at radius 3 is 2.19 bits per heavy atom. The van der Waals surface area contributed by atoms with Crippen molar-refractivity contribution in [2.24, 2.45) is 0 Å². The van der Waals surface area contributed by atoms with E-state index in [1.165, 1.54) is 0 Å². The highest BCUT2D eigenvalue weighted by atomic mass is 16.2. The summed E-state index contributed by atoms with van der Waals surface area (Å²) < 4.78 is 0. The Hall–Kier alpha value is -3.14. The Bertz CT molecular complexity index is 993. The van der Waals surface area contributed by atoms with Crippen molar-refractivity contribution in [1.29, 1.82) is 0 Å². The number of hydrogen-bond donors (Lipinski definition) is 2. The van der Waals surface area contributed by atoms with Crippen LogP contribution in [0, 0.1) is 6.92 Å². The molecule has 0 aromatic heterocycles. The molecule has 3 aromatic carbocycles. The molecule has 0 spiro atoms. The molecule has 0 aliphatic heterocycles. The first-order chi connectivity index (χ1) is 12.6. The average Bonchev–Trinajstić information content (AvgIpc) is 2.67. The predicted octanol–water partition coefficient (Wildman–Crippen LogP) is 3.46. The van der Waals surface area contributed by atoms with Gasteiger partial charge in [-0.1, -0.05) is 48.5 Å². The van der Waals surface area contributed by atoms with Gasteiger partial charge in [0.1, 0.15) is 0 Å². The Kier molecular flexibility index (Phi) is 5.03. The second kappa shape index (κ2) is 7.40. The van der Waals surface area contributed by atoms with Gasteiger partial charge in [-0.3, -0.25) is 9.59 Å². The van der Waals surface area contributed by atoms with Gasteiger partial charge >= 0.3 is 0 Å². The van der Waals surface area contributed by atoms with Gasteiger partial charge in [-0.25, -0.2) is 0 Å². The summed E-state index contributed by atoms with van der Waals surface area (Å²) in [6.07, 6.45) is 0.270. The van der Waals surface area contributed by atoms with Crippen LogP contribution in [-0.4, -0.2) is 25.9 Å². The lowest BCUT2D eigenvalue weighted by Gasteiger charge is -2.17. The summed E-state index contributed by atoms with van der Waals surface area (Å²) in [6.45, 7) is 2.04. The quantitative estimate of drug-likeness (QED) is 0.760. The van der Waals surface area contributed by atoms with Gasteiger partial charge in [0.05, 0.1) is 12.0 Å². The molecule has 2 amide bonds. The van der Waals surface area contributed by atoms with E-state index in [1.54, 1.807) is 14.1 Å². The van der Waals surface area contributed by atoms with Gasteiger partial charge in [0.2, 0.25) is 5.91 Å². The van der Waals surface area contributed by atoms with Gasteiger partial charge in [0, 0.05) is 14.1 Å². The number of hydrogen-bond acceptors (Lipinski definition) is 2. The van der Waals surface area contributed by atoms with Crippen molar-refractivity contribution in [2.75, 3.05) is 14.1 Å². The molecule has 26 heavy (non-hydrogen) atoms. The van der Waals surface area contributed by atoms with Crippen LogP contribution in [0.15, 0.2) is 54.6 Å². The molecule has 4 nitrogen and oxygen atoms in total. The number of carbonyl (C=O) groups is 2. The summed E-state index contributed by atoms with van der Waals surface area (Å²) in [5.74, 6) is -0.192. The molecule has 0 radical (unpaired) electrons. The maximum atomic E-state index is 12.7. The lowest BCUT2D eigenvalue weighted by molar-refractivity contribution is -0.119. The predicted molar refractivity (Wildman–Crippen MR) is 105 cm³/mol. The number of likely N-dealkylation sites (N-methyl/N-ethyl adjacent to an activating group) is 1. The number of amides is 2.